The largest absolute Gasteiger partial charge is 0.496 e. The summed E-state index contributed by atoms with van der Waals surface area (Å²) in [5.74, 6) is 1.93. The maximum Gasteiger partial charge on any atom is 0.331 e. The number of hydrogen-bond acceptors (Lipinski definition) is 7. The van der Waals surface area contributed by atoms with Crippen LogP contribution in [0, 0.1) is 0 Å². The van der Waals surface area contributed by atoms with Gasteiger partial charge in [-0.25, -0.2) is 4.79 Å². The number of fused-ring (bicyclic) bond motifs is 1. The molecule has 0 spiro atoms. The van der Waals surface area contributed by atoms with Gasteiger partial charge >= 0.3 is 5.97 Å². The van der Waals surface area contributed by atoms with Crippen molar-refractivity contribution in [3.8, 4) is 23.0 Å². The van der Waals surface area contributed by atoms with Crippen molar-refractivity contribution in [3.63, 3.8) is 0 Å². The van der Waals surface area contributed by atoms with Gasteiger partial charge in [0, 0.05) is 12.5 Å². The van der Waals surface area contributed by atoms with E-state index in [0.29, 0.717) is 46.1 Å². The summed E-state index contributed by atoms with van der Waals surface area (Å²) in [5, 5.41) is 5.62. The first-order valence-electron chi connectivity index (χ1n) is 11.1. The van der Waals surface area contributed by atoms with Gasteiger partial charge in [-0.2, -0.15) is 0 Å². The molecule has 0 saturated heterocycles. The molecule has 0 heterocycles. The molecule has 0 saturated carbocycles. The van der Waals surface area contributed by atoms with Crippen molar-refractivity contribution in [2.24, 2.45) is 5.16 Å². The molecule has 32 heavy (non-hydrogen) atoms. The minimum Gasteiger partial charge on any atom is -0.496 e. The highest BCUT2D eigenvalue weighted by Gasteiger charge is 2.23. The van der Waals surface area contributed by atoms with Crippen LogP contribution in [0.15, 0.2) is 23.4 Å². The normalized spacial score (nSPS) is 11.4. The van der Waals surface area contributed by atoms with Gasteiger partial charge in [0.25, 0.3) is 0 Å². The predicted molar refractivity (Wildman–Crippen MR) is 126 cm³/mol. The highest BCUT2D eigenvalue weighted by molar-refractivity contribution is 6.12. The van der Waals surface area contributed by atoms with Crippen LogP contribution in [0.4, 0.5) is 0 Å². The van der Waals surface area contributed by atoms with Crippen LogP contribution in [0.2, 0.25) is 0 Å². The van der Waals surface area contributed by atoms with Crippen LogP contribution < -0.4 is 18.9 Å². The second-order valence-electron chi connectivity index (χ2n) is 7.52. The van der Waals surface area contributed by atoms with Gasteiger partial charge in [0.05, 0.1) is 44.9 Å². The van der Waals surface area contributed by atoms with Gasteiger partial charge in [0.1, 0.15) is 23.0 Å². The molecule has 0 bridgehead atoms. The van der Waals surface area contributed by atoms with Crippen molar-refractivity contribution >= 4 is 22.5 Å². The molecule has 0 unspecified atom stereocenters. The van der Waals surface area contributed by atoms with E-state index in [1.807, 2.05) is 18.2 Å². The standard InChI is InChI=1S/C25H35NO6/c1-7-8-9-10-11-12-13-19(26-32-17(2)27)18-16-22(30-5)23-20(28-3)14-15-21(29-4)24(23)25(18)31-6/h14-16H,7-13H2,1-6H3. The molecule has 7 heteroatoms. The van der Waals surface area contributed by atoms with Gasteiger partial charge in [0.15, 0.2) is 0 Å². The summed E-state index contributed by atoms with van der Waals surface area (Å²) >= 11 is 0. The van der Waals surface area contributed by atoms with Crippen molar-refractivity contribution in [3.05, 3.63) is 23.8 Å². The maximum absolute atomic E-state index is 11.5. The topological polar surface area (TPSA) is 75.6 Å². The van der Waals surface area contributed by atoms with Crippen LogP contribution in [-0.4, -0.2) is 40.1 Å². The first kappa shape index (κ1) is 25.3. The number of benzene rings is 2. The van der Waals surface area contributed by atoms with E-state index in [2.05, 4.69) is 12.1 Å². The monoisotopic (exact) mass is 445 g/mol. The Hall–Kier alpha value is -2.96. The van der Waals surface area contributed by atoms with Gasteiger partial charge in [-0.05, 0) is 31.0 Å². The second-order valence-corrected chi connectivity index (χ2v) is 7.52. The molecule has 0 N–H and O–H groups in total. The van der Waals surface area contributed by atoms with E-state index in [4.69, 9.17) is 23.8 Å². The lowest BCUT2D eigenvalue weighted by Crippen LogP contribution is -2.08. The molecule has 0 atom stereocenters. The third kappa shape index (κ3) is 6.05. The number of nitrogens with zero attached hydrogens (tertiary/aromatic N) is 1. The van der Waals surface area contributed by atoms with E-state index in [1.165, 1.54) is 26.2 Å². The summed E-state index contributed by atoms with van der Waals surface area (Å²) in [4.78, 5) is 16.5. The van der Waals surface area contributed by atoms with Crippen LogP contribution in [0.25, 0.3) is 10.8 Å². The fraction of sp³-hybridized carbons (Fsp3) is 0.520. The lowest BCUT2D eigenvalue weighted by molar-refractivity contribution is -0.140. The molecule has 0 aliphatic carbocycles. The fourth-order valence-corrected chi connectivity index (χ4v) is 3.79. The van der Waals surface area contributed by atoms with Crippen LogP contribution in [0.5, 0.6) is 23.0 Å². The highest BCUT2D eigenvalue weighted by atomic mass is 16.7. The summed E-state index contributed by atoms with van der Waals surface area (Å²) in [6, 6.07) is 5.50. The number of carbonyl (C=O) groups is 1. The van der Waals surface area contributed by atoms with Crippen molar-refractivity contribution in [1.29, 1.82) is 0 Å². The Bertz CT molecular complexity index is 938. The second kappa shape index (κ2) is 12.8. The van der Waals surface area contributed by atoms with E-state index < -0.39 is 5.97 Å². The molecule has 2 aromatic rings. The number of oxime groups is 1. The first-order valence-corrected chi connectivity index (χ1v) is 11.1. The van der Waals surface area contributed by atoms with Crippen LogP contribution in [-0.2, 0) is 9.63 Å². The smallest absolute Gasteiger partial charge is 0.331 e. The van der Waals surface area contributed by atoms with E-state index in [1.54, 1.807) is 28.4 Å². The molecular weight excluding hydrogens is 410 g/mol. The quantitative estimate of drug-likeness (QED) is 0.166. The van der Waals surface area contributed by atoms with E-state index >= 15 is 0 Å². The Labute approximate surface area is 190 Å². The summed E-state index contributed by atoms with van der Waals surface area (Å²) in [7, 11) is 6.40. The van der Waals surface area contributed by atoms with Gasteiger partial charge in [-0.3, -0.25) is 0 Å². The molecule has 0 amide bonds. The Morgan fingerprint density at radius 3 is 1.97 bits per heavy atom. The van der Waals surface area contributed by atoms with Crippen molar-refractivity contribution < 1.29 is 28.6 Å². The molecule has 0 aliphatic heterocycles. The molecule has 2 rings (SSSR count). The van der Waals surface area contributed by atoms with Crippen molar-refractivity contribution in [2.45, 2.75) is 58.8 Å². The van der Waals surface area contributed by atoms with E-state index in [-0.39, 0.29) is 0 Å². The number of ether oxygens (including phenoxy) is 4. The average molecular weight is 446 g/mol. The summed E-state index contributed by atoms with van der Waals surface area (Å²) < 4.78 is 22.7. The number of rotatable bonds is 13. The molecule has 2 aromatic carbocycles. The SMILES string of the molecule is CCCCCCCCC(=NOC(C)=O)c1cc(OC)c2c(OC)ccc(OC)c2c1OC. The first-order chi connectivity index (χ1) is 15.5. The lowest BCUT2D eigenvalue weighted by atomic mass is 9.96. The Balaban J connectivity index is 2.60. The Morgan fingerprint density at radius 1 is 0.812 bits per heavy atom. The predicted octanol–water partition coefficient (Wildman–Crippen LogP) is 5.89. The summed E-state index contributed by atoms with van der Waals surface area (Å²) in [6.45, 7) is 3.53. The van der Waals surface area contributed by atoms with Gasteiger partial charge < -0.3 is 23.8 Å². The number of unbranched alkanes of at least 4 members (excludes halogenated alkanes) is 5. The number of hydrogen-bond donors (Lipinski definition) is 0. The fourth-order valence-electron chi connectivity index (χ4n) is 3.79. The van der Waals surface area contributed by atoms with Crippen LogP contribution in [0.3, 0.4) is 0 Å². The van der Waals surface area contributed by atoms with E-state index in [0.717, 1.165) is 24.6 Å². The number of carbonyl (C=O) groups excluding carboxylic acids is 1. The Kier molecular flexibility index (Phi) is 10.1. The van der Waals surface area contributed by atoms with Gasteiger partial charge in [-0.1, -0.05) is 44.2 Å². The third-order valence-electron chi connectivity index (χ3n) is 5.35. The van der Waals surface area contributed by atoms with E-state index in [9.17, 15) is 4.79 Å². The van der Waals surface area contributed by atoms with Gasteiger partial charge in [-0.15, -0.1) is 0 Å². The van der Waals surface area contributed by atoms with Crippen molar-refractivity contribution in [2.75, 3.05) is 28.4 Å². The average Bonchev–Trinajstić information content (AvgIpc) is 2.81. The molecule has 0 aliphatic rings. The summed E-state index contributed by atoms with van der Waals surface area (Å²) in [5.41, 5.74) is 1.32. The van der Waals surface area contributed by atoms with Crippen LogP contribution in [0.1, 0.15) is 64.4 Å². The minimum absolute atomic E-state index is 0.476. The minimum atomic E-state index is -0.476. The van der Waals surface area contributed by atoms with Crippen LogP contribution >= 0.6 is 0 Å². The summed E-state index contributed by atoms with van der Waals surface area (Å²) in [6.07, 6.45) is 7.46. The highest BCUT2D eigenvalue weighted by Crippen LogP contribution is 2.46. The molecule has 176 valence electrons. The van der Waals surface area contributed by atoms with Gasteiger partial charge in [0.2, 0.25) is 0 Å². The lowest BCUT2D eigenvalue weighted by Gasteiger charge is -2.19. The molecular formula is C25H35NO6. The molecule has 0 aromatic heterocycles. The zero-order valence-electron chi connectivity index (χ0n) is 20.1. The third-order valence-corrected chi connectivity index (χ3v) is 5.35. The molecule has 0 fully saturated rings. The maximum atomic E-state index is 11.5. The molecule has 0 radical (unpaired) electrons. The zero-order valence-corrected chi connectivity index (χ0v) is 20.1. The van der Waals surface area contributed by atoms with Crippen molar-refractivity contribution in [1.82, 2.24) is 0 Å². The molecule has 7 nitrogen and oxygen atoms in total. The zero-order chi connectivity index (χ0) is 23.5. The number of methoxy groups -OCH3 is 4. The Morgan fingerprint density at radius 2 is 1.41 bits per heavy atom.